The Morgan fingerprint density at radius 2 is 1.29 bits per heavy atom. The number of carbonyl (C=O) groups is 6. The summed E-state index contributed by atoms with van der Waals surface area (Å²) >= 11 is 0. The lowest BCUT2D eigenvalue weighted by atomic mass is 10.2. The van der Waals surface area contributed by atoms with Gasteiger partial charge in [0.15, 0.2) is 6.04 Å². The monoisotopic (exact) mass is 580 g/mol. The molecule has 0 aromatic carbocycles. The van der Waals surface area contributed by atoms with Crippen LogP contribution in [0.2, 0.25) is 0 Å². The highest BCUT2D eigenvalue weighted by atomic mass is 33.1. The van der Waals surface area contributed by atoms with Crippen molar-refractivity contribution in [3.8, 4) is 0 Å². The zero-order valence-corrected chi connectivity index (χ0v) is 24.3. The quantitative estimate of drug-likeness (QED) is 0.0961. The second kappa shape index (κ2) is 17.1. The zero-order valence-electron chi connectivity index (χ0n) is 22.7. The topological polar surface area (TPSA) is 212 Å². The predicted molar refractivity (Wildman–Crippen MR) is 145 cm³/mol. The molecule has 0 aliphatic carbocycles. The maximum absolute atomic E-state index is 13.1. The minimum Gasteiger partial charge on any atom is -0.458 e. The fourth-order valence-corrected chi connectivity index (χ4v) is 4.47. The number of amides is 5. The van der Waals surface area contributed by atoms with Crippen molar-refractivity contribution in [1.29, 1.82) is 0 Å². The summed E-state index contributed by atoms with van der Waals surface area (Å²) in [5.74, 6) is -2.83. The normalized spacial score (nSPS) is 12.1. The second-order valence-corrected chi connectivity index (χ2v) is 12.3. The van der Waals surface area contributed by atoms with Crippen molar-refractivity contribution in [2.75, 3.05) is 44.2 Å². The Bertz CT molecular complexity index is 845. The van der Waals surface area contributed by atoms with Gasteiger partial charge in [-0.2, -0.15) is 0 Å². The smallest absolute Gasteiger partial charge is 0.417 e. The van der Waals surface area contributed by atoms with Gasteiger partial charge in [-0.25, -0.2) is 14.5 Å². The number of hydrogen-bond donors (Lipinski definition) is 5. The fraction of sp³-hybridized carbons (Fsp3) is 0.727. The van der Waals surface area contributed by atoms with E-state index in [1.165, 1.54) is 21.6 Å². The molecule has 0 aliphatic rings. The largest absolute Gasteiger partial charge is 0.458 e. The van der Waals surface area contributed by atoms with E-state index in [2.05, 4.69) is 16.0 Å². The van der Waals surface area contributed by atoms with E-state index < -0.39 is 59.5 Å². The highest BCUT2D eigenvalue weighted by Gasteiger charge is 2.40. The molecule has 0 rings (SSSR count). The van der Waals surface area contributed by atoms with Crippen LogP contribution in [0.1, 0.15) is 41.5 Å². The van der Waals surface area contributed by atoms with Crippen LogP contribution in [0.25, 0.3) is 0 Å². The second-order valence-electron chi connectivity index (χ2n) is 9.71. The summed E-state index contributed by atoms with van der Waals surface area (Å²) < 4.78 is 10.8. The maximum Gasteiger partial charge on any atom is 0.417 e. The molecule has 0 heterocycles. The standard InChI is InChI=1S/C22H40N6O8S2/c1-21(2,3)35-19(33)14(13-38-37-8-7-25-17(31)11-26-15(29)9-23)28(20(34)36-22(4,5)6)18(32)12-27-16(30)10-24/h14H,7-13,23-24H2,1-6H3,(H,25,31)(H,26,29)(H,27,30). The number of ether oxygens (including phenoxy) is 2. The molecule has 0 bridgehead atoms. The van der Waals surface area contributed by atoms with Crippen molar-refractivity contribution in [2.24, 2.45) is 11.5 Å². The van der Waals surface area contributed by atoms with Crippen molar-refractivity contribution in [2.45, 2.75) is 58.8 Å². The van der Waals surface area contributed by atoms with E-state index in [1.54, 1.807) is 41.5 Å². The van der Waals surface area contributed by atoms with Crippen LogP contribution in [0.5, 0.6) is 0 Å². The van der Waals surface area contributed by atoms with E-state index in [-0.39, 0.29) is 31.9 Å². The van der Waals surface area contributed by atoms with Gasteiger partial charge >= 0.3 is 12.1 Å². The molecular weight excluding hydrogens is 540 g/mol. The molecule has 16 heteroatoms. The Balaban J connectivity index is 5.44. The third-order valence-corrected chi connectivity index (χ3v) is 6.32. The molecular formula is C22H40N6O8S2. The fourth-order valence-electron chi connectivity index (χ4n) is 2.38. The third-order valence-electron chi connectivity index (χ3n) is 3.92. The molecule has 5 amide bonds. The number of nitrogens with one attached hydrogen (secondary N) is 3. The first-order valence-electron chi connectivity index (χ1n) is 11.7. The number of nitrogens with zero attached hydrogens (tertiary/aromatic N) is 1. The Labute approximate surface area is 230 Å². The number of esters is 1. The van der Waals surface area contributed by atoms with E-state index in [0.29, 0.717) is 10.7 Å². The van der Waals surface area contributed by atoms with Crippen LogP contribution in [-0.4, -0.2) is 102 Å². The van der Waals surface area contributed by atoms with E-state index in [0.717, 1.165) is 0 Å². The average Bonchev–Trinajstić information content (AvgIpc) is 2.79. The lowest BCUT2D eigenvalue weighted by Gasteiger charge is -2.32. The van der Waals surface area contributed by atoms with Crippen molar-refractivity contribution in [3.05, 3.63) is 0 Å². The van der Waals surface area contributed by atoms with E-state index in [9.17, 15) is 28.8 Å². The first kappa shape index (κ1) is 35.4. The summed E-state index contributed by atoms with van der Waals surface area (Å²) in [5, 5.41) is 7.25. The predicted octanol–water partition coefficient (Wildman–Crippen LogP) is -0.892. The molecule has 0 spiro atoms. The summed E-state index contributed by atoms with van der Waals surface area (Å²) in [6.07, 6.45) is -1.07. The first-order chi connectivity index (χ1) is 17.5. The van der Waals surface area contributed by atoms with Gasteiger partial charge in [0.05, 0.1) is 26.2 Å². The molecule has 1 atom stereocenters. The summed E-state index contributed by atoms with van der Waals surface area (Å²) in [7, 11) is 2.44. The Morgan fingerprint density at radius 1 is 0.763 bits per heavy atom. The Kier molecular flexibility index (Phi) is 16.0. The van der Waals surface area contributed by atoms with E-state index >= 15 is 0 Å². The molecule has 218 valence electrons. The maximum atomic E-state index is 13.1. The van der Waals surface area contributed by atoms with Gasteiger partial charge in [0.2, 0.25) is 17.7 Å². The lowest BCUT2D eigenvalue weighted by molar-refractivity contribution is -0.163. The molecule has 7 N–H and O–H groups in total. The van der Waals surface area contributed by atoms with Crippen molar-refractivity contribution < 1.29 is 38.2 Å². The molecule has 14 nitrogen and oxygen atoms in total. The summed E-state index contributed by atoms with van der Waals surface area (Å²) in [4.78, 5) is 74.1. The Morgan fingerprint density at radius 3 is 1.79 bits per heavy atom. The highest BCUT2D eigenvalue weighted by molar-refractivity contribution is 8.76. The summed E-state index contributed by atoms with van der Waals surface area (Å²) in [6.45, 7) is 8.62. The lowest BCUT2D eigenvalue weighted by Crippen LogP contribution is -2.55. The van der Waals surface area contributed by atoms with Crippen LogP contribution in [-0.2, 0) is 33.4 Å². The number of rotatable bonds is 14. The van der Waals surface area contributed by atoms with Crippen LogP contribution in [0.3, 0.4) is 0 Å². The number of imide groups is 1. The number of hydrogen-bond acceptors (Lipinski definition) is 12. The van der Waals surface area contributed by atoms with Gasteiger partial charge in [0, 0.05) is 18.1 Å². The van der Waals surface area contributed by atoms with Crippen molar-refractivity contribution in [1.82, 2.24) is 20.9 Å². The van der Waals surface area contributed by atoms with Gasteiger partial charge in [-0.05, 0) is 41.5 Å². The van der Waals surface area contributed by atoms with Crippen molar-refractivity contribution in [3.63, 3.8) is 0 Å². The summed E-state index contributed by atoms with van der Waals surface area (Å²) in [5.41, 5.74) is 8.53. The molecule has 0 aliphatic heterocycles. The average molecular weight is 581 g/mol. The number of carbonyl (C=O) groups excluding carboxylic acids is 6. The molecule has 0 saturated carbocycles. The van der Waals surface area contributed by atoms with Gasteiger partial charge in [0.25, 0.3) is 5.91 Å². The van der Waals surface area contributed by atoms with Crippen LogP contribution in [0.4, 0.5) is 4.79 Å². The highest BCUT2D eigenvalue weighted by Crippen LogP contribution is 2.26. The SMILES string of the molecule is CC(C)(C)OC(=O)C(CSSCCNC(=O)CNC(=O)CN)N(C(=O)CNC(=O)CN)C(=O)OC(C)(C)C. The first-order valence-corrected chi connectivity index (χ1v) is 14.2. The van der Waals surface area contributed by atoms with Crippen molar-refractivity contribution >= 4 is 57.3 Å². The molecule has 38 heavy (non-hydrogen) atoms. The van der Waals surface area contributed by atoms with E-state index in [4.69, 9.17) is 20.9 Å². The zero-order chi connectivity index (χ0) is 29.5. The van der Waals surface area contributed by atoms with Crippen LogP contribution >= 0.6 is 21.6 Å². The Hall–Kier alpha value is -2.56. The molecule has 1 unspecified atom stereocenters. The van der Waals surface area contributed by atoms with Crippen LogP contribution in [0, 0.1) is 0 Å². The molecule has 0 aromatic heterocycles. The van der Waals surface area contributed by atoms with Gasteiger partial charge in [-0.1, -0.05) is 21.6 Å². The van der Waals surface area contributed by atoms with Gasteiger partial charge in [-0.3, -0.25) is 19.2 Å². The molecule has 0 radical (unpaired) electrons. The minimum atomic E-state index is -1.37. The van der Waals surface area contributed by atoms with Crippen LogP contribution in [0.15, 0.2) is 0 Å². The molecule has 0 aromatic rings. The van der Waals surface area contributed by atoms with Gasteiger partial charge in [0.1, 0.15) is 11.2 Å². The van der Waals surface area contributed by atoms with E-state index in [1.807, 2.05) is 0 Å². The van der Waals surface area contributed by atoms with Gasteiger partial charge in [-0.15, -0.1) is 0 Å². The van der Waals surface area contributed by atoms with Gasteiger partial charge < -0.3 is 36.9 Å². The van der Waals surface area contributed by atoms with Crippen LogP contribution < -0.4 is 27.4 Å². The molecule has 0 fully saturated rings. The molecule has 0 saturated heterocycles. The number of nitrogens with two attached hydrogens (primary N) is 2. The summed E-state index contributed by atoms with van der Waals surface area (Å²) in [6, 6.07) is -1.37. The minimum absolute atomic E-state index is 0.0596. The third kappa shape index (κ3) is 16.3.